The lowest BCUT2D eigenvalue weighted by molar-refractivity contribution is 0.268. The molecule has 3 heterocycles. The maximum atomic E-state index is 5.79. The van der Waals surface area contributed by atoms with E-state index in [0.717, 1.165) is 69.8 Å². The van der Waals surface area contributed by atoms with Gasteiger partial charge in [-0.15, -0.1) is 24.0 Å². The zero-order chi connectivity index (χ0) is 19.2. The molecular weight excluding hydrogens is 477 g/mol. The van der Waals surface area contributed by atoms with Crippen LogP contribution < -0.4 is 15.0 Å². The molecule has 1 unspecified atom stereocenters. The number of halogens is 1. The van der Waals surface area contributed by atoms with Gasteiger partial charge in [0, 0.05) is 51.4 Å². The largest absolute Gasteiger partial charge is 0.493 e. The van der Waals surface area contributed by atoms with Crippen LogP contribution in [0.1, 0.15) is 24.8 Å². The number of pyridine rings is 1. The van der Waals surface area contributed by atoms with Gasteiger partial charge in [-0.3, -0.25) is 4.99 Å². The molecule has 2 aliphatic rings. The van der Waals surface area contributed by atoms with E-state index >= 15 is 0 Å². The SMILES string of the molecule is CCNC(=NCC1CCOc2ccccc21)N1CCN(c2ccccn2)CC1.I. The van der Waals surface area contributed by atoms with Crippen LogP contribution in [-0.4, -0.2) is 61.7 Å². The van der Waals surface area contributed by atoms with E-state index in [0.29, 0.717) is 5.92 Å². The van der Waals surface area contributed by atoms with Crippen molar-refractivity contribution in [3.05, 3.63) is 54.2 Å². The van der Waals surface area contributed by atoms with Gasteiger partial charge in [0.2, 0.25) is 0 Å². The normalized spacial score (nSPS) is 19.1. The number of nitrogens with one attached hydrogen (secondary N) is 1. The number of nitrogens with zero attached hydrogens (tertiary/aromatic N) is 4. The highest BCUT2D eigenvalue weighted by atomic mass is 127. The summed E-state index contributed by atoms with van der Waals surface area (Å²) < 4.78 is 5.79. The number of aromatic nitrogens is 1. The van der Waals surface area contributed by atoms with Gasteiger partial charge in [0.1, 0.15) is 11.6 Å². The number of aliphatic imine (C=N–C) groups is 1. The second-order valence-electron chi connectivity index (χ2n) is 7.23. The molecule has 29 heavy (non-hydrogen) atoms. The molecule has 0 saturated carbocycles. The molecule has 0 spiro atoms. The molecule has 1 atom stereocenters. The maximum Gasteiger partial charge on any atom is 0.194 e. The number of ether oxygens (including phenoxy) is 1. The summed E-state index contributed by atoms with van der Waals surface area (Å²) in [6.07, 6.45) is 2.88. The van der Waals surface area contributed by atoms with Crippen molar-refractivity contribution in [2.24, 2.45) is 4.99 Å². The average molecular weight is 507 g/mol. The number of para-hydroxylation sites is 1. The minimum Gasteiger partial charge on any atom is -0.493 e. The minimum absolute atomic E-state index is 0. The summed E-state index contributed by atoms with van der Waals surface area (Å²) in [5, 5.41) is 3.48. The first kappa shape index (κ1) is 21.7. The van der Waals surface area contributed by atoms with Gasteiger partial charge in [0.15, 0.2) is 5.96 Å². The van der Waals surface area contributed by atoms with Gasteiger partial charge in [0.25, 0.3) is 0 Å². The smallest absolute Gasteiger partial charge is 0.194 e. The molecular formula is C22H30IN5O. The summed E-state index contributed by atoms with van der Waals surface area (Å²) in [6, 6.07) is 14.5. The Balaban J connectivity index is 0.00000240. The molecule has 6 nitrogen and oxygen atoms in total. The van der Waals surface area contributed by atoms with E-state index in [4.69, 9.17) is 9.73 Å². The van der Waals surface area contributed by atoms with E-state index in [1.54, 1.807) is 0 Å². The number of anilines is 1. The molecule has 4 rings (SSSR count). The fourth-order valence-corrected chi connectivity index (χ4v) is 3.92. The van der Waals surface area contributed by atoms with Crippen molar-refractivity contribution < 1.29 is 4.74 Å². The third kappa shape index (κ3) is 5.32. The Kier molecular flexibility index (Phi) is 7.97. The second kappa shape index (κ2) is 10.7. The molecule has 0 aliphatic carbocycles. The van der Waals surface area contributed by atoms with Crippen molar-refractivity contribution in [2.75, 3.05) is 50.8 Å². The Labute approximate surface area is 190 Å². The molecule has 1 fully saturated rings. The van der Waals surface area contributed by atoms with Crippen LogP contribution in [0, 0.1) is 0 Å². The molecule has 1 saturated heterocycles. The van der Waals surface area contributed by atoms with Crippen molar-refractivity contribution in [1.82, 2.24) is 15.2 Å². The number of piperazine rings is 1. The van der Waals surface area contributed by atoms with Crippen LogP contribution in [-0.2, 0) is 0 Å². The Hall–Kier alpha value is -2.03. The number of rotatable bonds is 4. The molecule has 0 radical (unpaired) electrons. The van der Waals surface area contributed by atoms with E-state index in [9.17, 15) is 0 Å². The van der Waals surface area contributed by atoms with Crippen LogP contribution in [0.25, 0.3) is 0 Å². The lowest BCUT2D eigenvalue weighted by Crippen LogP contribution is -2.52. The molecule has 156 valence electrons. The van der Waals surface area contributed by atoms with Crippen molar-refractivity contribution >= 4 is 35.8 Å². The first-order valence-electron chi connectivity index (χ1n) is 10.3. The highest BCUT2D eigenvalue weighted by Crippen LogP contribution is 2.33. The third-order valence-electron chi connectivity index (χ3n) is 5.43. The van der Waals surface area contributed by atoms with Gasteiger partial charge in [0.05, 0.1) is 6.61 Å². The number of benzene rings is 1. The first-order chi connectivity index (χ1) is 13.8. The molecule has 1 aromatic carbocycles. The highest BCUT2D eigenvalue weighted by molar-refractivity contribution is 14.0. The molecule has 2 aromatic rings. The van der Waals surface area contributed by atoms with Gasteiger partial charge in [-0.2, -0.15) is 0 Å². The van der Waals surface area contributed by atoms with Crippen LogP contribution in [0.4, 0.5) is 5.82 Å². The summed E-state index contributed by atoms with van der Waals surface area (Å²) in [4.78, 5) is 14.2. The van der Waals surface area contributed by atoms with Crippen LogP contribution >= 0.6 is 24.0 Å². The van der Waals surface area contributed by atoms with Crippen molar-refractivity contribution in [1.29, 1.82) is 0 Å². The fourth-order valence-electron chi connectivity index (χ4n) is 3.92. The van der Waals surface area contributed by atoms with Crippen LogP contribution in [0.5, 0.6) is 5.75 Å². The number of hydrogen-bond donors (Lipinski definition) is 1. The second-order valence-corrected chi connectivity index (χ2v) is 7.23. The molecule has 0 amide bonds. The average Bonchev–Trinajstić information content (AvgIpc) is 2.77. The molecule has 0 bridgehead atoms. The molecule has 1 aromatic heterocycles. The monoisotopic (exact) mass is 507 g/mol. The van der Waals surface area contributed by atoms with Crippen LogP contribution in [0.15, 0.2) is 53.7 Å². The quantitative estimate of drug-likeness (QED) is 0.391. The standard InChI is InChI=1S/C22H29N5O.HI/c1-2-23-22(25-17-18-10-16-28-20-8-4-3-7-19(18)20)27-14-12-26(13-15-27)21-9-5-6-11-24-21;/h3-9,11,18H,2,10,12-17H2,1H3,(H,23,25);1H. The molecule has 7 heteroatoms. The Morgan fingerprint density at radius 3 is 2.69 bits per heavy atom. The summed E-state index contributed by atoms with van der Waals surface area (Å²) >= 11 is 0. The molecule has 1 N–H and O–H groups in total. The van der Waals surface area contributed by atoms with Crippen molar-refractivity contribution in [2.45, 2.75) is 19.3 Å². The molecule has 2 aliphatic heterocycles. The maximum absolute atomic E-state index is 5.79. The highest BCUT2D eigenvalue weighted by Gasteiger charge is 2.23. The van der Waals surface area contributed by atoms with Gasteiger partial charge < -0.3 is 19.9 Å². The van der Waals surface area contributed by atoms with Gasteiger partial charge in [-0.25, -0.2) is 4.98 Å². The zero-order valence-corrected chi connectivity index (χ0v) is 19.3. The summed E-state index contributed by atoms with van der Waals surface area (Å²) in [6.45, 7) is 8.40. The Morgan fingerprint density at radius 1 is 1.14 bits per heavy atom. The fraction of sp³-hybridized carbons (Fsp3) is 0.455. The lowest BCUT2D eigenvalue weighted by Gasteiger charge is -2.37. The zero-order valence-electron chi connectivity index (χ0n) is 17.0. The first-order valence-corrected chi connectivity index (χ1v) is 10.3. The van der Waals surface area contributed by atoms with Crippen molar-refractivity contribution in [3.8, 4) is 5.75 Å². The van der Waals surface area contributed by atoms with Gasteiger partial charge in [-0.1, -0.05) is 24.3 Å². The third-order valence-corrected chi connectivity index (χ3v) is 5.43. The number of fused-ring (bicyclic) bond motifs is 1. The van der Waals surface area contributed by atoms with Gasteiger partial charge >= 0.3 is 0 Å². The van der Waals surface area contributed by atoms with E-state index in [2.05, 4.69) is 51.3 Å². The van der Waals surface area contributed by atoms with E-state index in [1.165, 1.54) is 5.56 Å². The van der Waals surface area contributed by atoms with E-state index in [-0.39, 0.29) is 24.0 Å². The summed E-state index contributed by atoms with van der Waals surface area (Å²) in [7, 11) is 0. The summed E-state index contributed by atoms with van der Waals surface area (Å²) in [5.41, 5.74) is 1.29. The Bertz CT molecular complexity index is 793. The predicted octanol–water partition coefficient (Wildman–Crippen LogP) is 3.35. The van der Waals surface area contributed by atoms with E-state index < -0.39 is 0 Å². The van der Waals surface area contributed by atoms with Gasteiger partial charge in [-0.05, 0) is 37.1 Å². The minimum atomic E-state index is 0. The van der Waals surface area contributed by atoms with Crippen LogP contribution in [0.2, 0.25) is 0 Å². The topological polar surface area (TPSA) is 53.0 Å². The lowest BCUT2D eigenvalue weighted by atomic mass is 9.93. The number of hydrogen-bond acceptors (Lipinski definition) is 4. The Morgan fingerprint density at radius 2 is 1.93 bits per heavy atom. The van der Waals surface area contributed by atoms with E-state index in [1.807, 2.05) is 24.4 Å². The van der Waals surface area contributed by atoms with Crippen molar-refractivity contribution in [3.63, 3.8) is 0 Å². The van der Waals surface area contributed by atoms with Crippen LogP contribution in [0.3, 0.4) is 0 Å². The predicted molar refractivity (Wildman–Crippen MR) is 129 cm³/mol. The number of guanidine groups is 1. The summed E-state index contributed by atoms with van der Waals surface area (Å²) in [5.74, 6) is 3.52.